The van der Waals surface area contributed by atoms with Gasteiger partial charge in [-0.25, -0.2) is 17.9 Å². The number of non-ortho nitro benzene ring substituents is 1. The predicted molar refractivity (Wildman–Crippen MR) is 87.0 cm³/mol. The highest BCUT2D eigenvalue weighted by molar-refractivity contribution is 7.90. The highest BCUT2D eigenvalue weighted by Crippen LogP contribution is 2.15. The molecule has 0 aromatic heterocycles. The lowest BCUT2D eigenvalue weighted by molar-refractivity contribution is -0.384. The van der Waals surface area contributed by atoms with Crippen LogP contribution in [0.5, 0.6) is 0 Å². The van der Waals surface area contributed by atoms with E-state index in [2.05, 4.69) is 5.32 Å². The van der Waals surface area contributed by atoms with Crippen LogP contribution < -0.4 is 10.0 Å². The number of nitrogens with zero attached hydrogens (tertiary/aromatic N) is 1. The van der Waals surface area contributed by atoms with Crippen molar-refractivity contribution in [2.45, 2.75) is 11.3 Å². The van der Waals surface area contributed by atoms with E-state index in [4.69, 9.17) is 0 Å². The Morgan fingerprint density at radius 2 is 1.67 bits per heavy atom. The Balaban J connectivity index is 1.90. The van der Waals surface area contributed by atoms with Gasteiger partial charge in [-0.05, 0) is 24.1 Å². The summed E-state index contributed by atoms with van der Waals surface area (Å²) in [7, 11) is -4.08. The van der Waals surface area contributed by atoms with Crippen LogP contribution in [0.25, 0.3) is 0 Å². The van der Waals surface area contributed by atoms with Gasteiger partial charge in [-0.1, -0.05) is 30.3 Å². The van der Waals surface area contributed by atoms with Crippen molar-refractivity contribution in [2.75, 3.05) is 6.54 Å². The molecule has 2 N–H and O–H groups in total. The maximum Gasteiger partial charge on any atom is 0.328 e. The monoisotopic (exact) mass is 349 g/mol. The van der Waals surface area contributed by atoms with E-state index >= 15 is 0 Å². The zero-order valence-corrected chi connectivity index (χ0v) is 13.3. The number of urea groups is 1. The van der Waals surface area contributed by atoms with Crippen molar-refractivity contribution in [1.29, 1.82) is 0 Å². The molecule has 24 heavy (non-hydrogen) atoms. The number of benzene rings is 2. The minimum Gasteiger partial charge on any atom is -0.337 e. The smallest absolute Gasteiger partial charge is 0.328 e. The molecule has 0 aliphatic carbocycles. The average molecular weight is 349 g/mol. The number of sulfonamides is 1. The second-order valence-electron chi connectivity index (χ2n) is 4.85. The maximum absolute atomic E-state index is 12.0. The molecule has 0 fully saturated rings. The normalized spacial score (nSPS) is 10.8. The van der Waals surface area contributed by atoms with E-state index in [0.29, 0.717) is 6.42 Å². The summed E-state index contributed by atoms with van der Waals surface area (Å²) in [6.45, 7) is 0.269. The maximum atomic E-state index is 12.0. The summed E-state index contributed by atoms with van der Waals surface area (Å²) in [4.78, 5) is 21.4. The van der Waals surface area contributed by atoms with Crippen LogP contribution in [0.2, 0.25) is 0 Å². The van der Waals surface area contributed by atoms with Crippen LogP contribution in [-0.2, 0) is 16.4 Å². The Morgan fingerprint density at radius 1 is 1.04 bits per heavy atom. The number of nitrogens with one attached hydrogen (secondary N) is 2. The Hall–Kier alpha value is -2.94. The third-order valence-corrected chi connectivity index (χ3v) is 4.47. The van der Waals surface area contributed by atoms with Crippen molar-refractivity contribution in [3.63, 3.8) is 0 Å². The molecule has 126 valence electrons. The Kier molecular flexibility index (Phi) is 5.48. The van der Waals surface area contributed by atoms with Gasteiger partial charge in [-0.15, -0.1) is 0 Å². The van der Waals surface area contributed by atoms with E-state index < -0.39 is 21.0 Å². The lowest BCUT2D eigenvalue weighted by Crippen LogP contribution is -2.40. The molecule has 0 bridgehead atoms. The van der Waals surface area contributed by atoms with E-state index in [1.165, 1.54) is 0 Å². The fourth-order valence-electron chi connectivity index (χ4n) is 1.93. The number of nitro groups is 1. The van der Waals surface area contributed by atoms with Crippen molar-refractivity contribution in [2.24, 2.45) is 0 Å². The highest BCUT2D eigenvalue weighted by Gasteiger charge is 2.18. The first-order chi connectivity index (χ1) is 11.4. The Labute approximate surface area is 138 Å². The topological polar surface area (TPSA) is 118 Å². The summed E-state index contributed by atoms with van der Waals surface area (Å²) in [6.07, 6.45) is 0.561. The number of rotatable bonds is 6. The van der Waals surface area contributed by atoms with Crippen LogP contribution in [0.3, 0.4) is 0 Å². The number of carbonyl (C=O) groups excluding carboxylic acids is 1. The molecule has 0 radical (unpaired) electrons. The molecule has 9 heteroatoms. The largest absolute Gasteiger partial charge is 0.337 e. The van der Waals surface area contributed by atoms with E-state index in [9.17, 15) is 23.3 Å². The second-order valence-corrected chi connectivity index (χ2v) is 6.53. The van der Waals surface area contributed by atoms with E-state index in [0.717, 1.165) is 29.8 Å². The first-order valence-electron chi connectivity index (χ1n) is 6.97. The molecular weight excluding hydrogens is 334 g/mol. The third kappa shape index (κ3) is 4.78. The van der Waals surface area contributed by atoms with E-state index in [1.54, 1.807) is 0 Å². The van der Waals surface area contributed by atoms with E-state index in [-0.39, 0.29) is 17.1 Å². The van der Waals surface area contributed by atoms with Gasteiger partial charge < -0.3 is 5.32 Å². The molecule has 2 amide bonds. The van der Waals surface area contributed by atoms with Gasteiger partial charge in [-0.3, -0.25) is 10.1 Å². The molecule has 0 aliphatic heterocycles. The summed E-state index contributed by atoms with van der Waals surface area (Å²) in [5.41, 5.74) is 0.775. The lowest BCUT2D eigenvalue weighted by atomic mass is 10.1. The lowest BCUT2D eigenvalue weighted by Gasteiger charge is -2.08. The van der Waals surface area contributed by atoms with Gasteiger partial charge in [0, 0.05) is 18.7 Å². The minimum atomic E-state index is -4.08. The molecule has 0 aliphatic rings. The van der Waals surface area contributed by atoms with Crippen molar-refractivity contribution >= 4 is 21.7 Å². The summed E-state index contributed by atoms with van der Waals surface area (Å²) < 4.78 is 25.9. The van der Waals surface area contributed by atoms with Crippen LogP contribution in [0.1, 0.15) is 5.56 Å². The van der Waals surface area contributed by atoms with E-state index in [1.807, 2.05) is 35.1 Å². The minimum absolute atomic E-state index is 0.230. The van der Waals surface area contributed by atoms with Crippen molar-refractivity contribution in [3.05, 3.63) is 70.3 Å². The Bertz CT molecular complexity index is 820. The number of hydrogen-bond donors (Lipinski definition) is 2. The average Bonchev–Trinajstić information content (AvgIpc) is 2.55. The molecule has 0 atom stereocenters. The molecule has 2 aromatic carbocycles. The van der Waals surface area contributed by atoms with Gasteiger partial charge in [0.1, 0.15) is 0 Å². The van der Waals surface area contributed by atoms with Crippen LogP contribution in [-0.4, -0.2) is 25.9 Å². The fourth-order valence-corrected chi connectivity index (χ4v) is 2.86. The van der Waals surface area contributed by atoms with Crippen molar-refractivity contribution in [3.8, 4) is 0 Å². The first-order valence-corrected chi connectivity index (χ1v) is 8.46. The number of carbonyl (C=O) groups is 1. The van der Waals surface area contributed by atoms with Crippen LogP contribution in [0.15, 0.2) is 59.5 Å². The first kappa shape index (κ1) is 17.4. The van der Waals surface area contributed by atoms with Gasteiger partial charge in [0.2, 0.25) is 0 Å². The molecule has 2 rings (SSSR count). The van der Waals surface area contributed by atoms with Crippen molar-refractivity contribution < 1.29 is 18.1 Å². The summed E-state index contributed by atoms with van der Waals surface area (Å²) in [5, 5.41) is 13.0. The van der Waals surface area contributed by atoms with Gasteiger partial charge in [-0.2, -0.15) is 0 Å². The van der Waals surface area contributed by atoms with Crippen LogP contribution >= 0.6 is 0 Å². The summed E-state index contributed by atoms with van der Waals surface area (Å²) in [5.74, 6) is 0. The molecule has 0 saturated carbocycles. The highest BCUT2D eigenvalue weighted by atomic mass is 32.2. The standard InChI is InChI=1S/C15H15N3O5S/c19-15(16-11-10-12-4-2-1-3-5-12)17-24(22,23)14-8-6-13(7-9-14)18(20)21/h1-9H,10-11H2,(H2,16,17,19). The molecule has 2 aromatic rings. The molecule has 0 spiro atoms. The van der Waals surface area contributed by atoms with Crippen LogP contribution in [0, 0.1) is 10.1 Å². The summed E-state index contributed by atoms with van der Waals surface area (Å²) in [6, 6.07) is 12.8. The molecular formula is C15H15N3O5S. The molecule has 0 heterocycles. The van der Waals surface area contributed by atoms with Gasteiger partial charge in [0.15, 0.2) is 0 Å². The molecule has 0 unspecified atom stereocenters. The SMILES string of the molecule is O=C(NCCc1ccccc1)NS(=O)(=O)c1ccc([N+](=O)[O-])cc1. The number of nitro benzene ring substituents is 1. The predicted octanol–water partition coefficient (Wildman–Crippen LogP) is 1.83. The molecule has 8 nitrogen and oxygen atoms in total. The van der Waals surface area contributed by atoms with Crippen LogP contribution in [0.4, 0.5) is 10.5 Å². The van der Waals surface area contributed by atoms with Gasteiger partial charge in [0.05, 0.1) is 9.82 Å². The van der Waals surface area contributed by atoms with Gasteiger partial charge in [0.25, 0.3) is 15.7 Å². The zero-order valence-electron chi connectivity index (χ0n) is 12.5. The zero-order chi connectivity index (χ0) is 17.6. The van der Waals surface area contributed by atoms with Crippen molar-refractivity contribution in [1.82, 2.24) is 10.0 Å². The third-order valence-electron chi connectivity index (χ3n) is 3.13. The molecule has 0 saturated heterocycles. The quantitative estimate of drug-likeness (QED) is 0.609. The Morgan fingerprint density at radius 3 is 2.25 bits per heavy atom. The number of amides is 2. The van der Waals surface area contributed by atoms with Gasteiger partial charge >= 0.3 is 6.03 Å². The number of hydrogen-bond acceptors (Lipinski definition) is 5. The second kappa shape index (κ2) is 7.55. The fraction of sp³-hybridized carbons (Fsp3) is 0.133. The summed E-state index contributed by atoms with van der Waals surface area (Å²) >= 11 is 0.